The van der Waals surface area contributed by atoms with Crippen LogP contribution in [-0.2, 0) is 6.54 Å². The van der Waals surface area contributed by atoms with Crippen molar-refractivity contribution in [2.24, 2.45) is 4.74 Å². The van der Waals surface area contributed by atoms with Gasteiger partial charge in [-0.05, 0) is 12.5 Å². The first kappa shape index (κ1) is 18.5. The number of hydrogen-bond acceptors (Lipinski definition) is 1. The molecule has 138 valence electrons. The maximum atomic E-state index is 5.49. The van der Waals surface area contributed by atoms with Crippen molar-refractivity contribution in [2.75, 3.05) is 0 Å². The lowest BCUT2D eigenvalue weighted by Crippen LogP contribution is -2.25. The lowest BCUT2D eigenvalue weighted by molar-refractivity contribution is 1.08. The van der Waals surface area contributed by atoms with E-state index in [-0.39, 0.29) is 0 Å². The number of nitrogens with zero attached hydrogens (tertiary/aromatic N) is 1. The molecule has 0 aromatic heterocycles. The van der Waals surface area contributed by atoms with Gasteiger partial charge in [-0.15, -0.1) is 0 Å². The molecule has 0 aliphatic heterocycles. The second-order valence-electron chi connectivity index (χ2n) is 6.93. The van der Waals surface area contributed by atoms with Gasteiger partial charge >= 0.3 is 0 Å². The van der Waals surface area contributed by atoms with Crippen LogP contribution < -0.4 is 15.9 Å². The van der Waals surface area contributed by atoms with Crippen molar-refractivity contribution in [2.45, 2.75) is 13.5 Å². The summed E-state index contributed by atoms with van der Waals surface area (Å²) >= 11 is 0. The summed E-state index contributed by atoms with van der Waals surface area (Å²) in [7, 11) is -2.11. The minimum Gasteiger partial charge on any atom is -0.285 e. The van der Waals surface area contributed by atoms with Crippen LogP contribution in [0.5, 0.6) is 0 Å². The van der Waals surface area contributed by atoms with Gasteiger partial charge in [0.1, 0.15) is 0 Å². The fourth-order valence-corrected chi connectivity index (χ4v) is 7.19. The first-order valence-corrected chi connectivity index (χ1v) is 11.3. The van der Waals surface area contributed by atoms with Crippen molar-refractivity contribution in [3.63, 3.8) is 0 Å². The Morgan fingerprint density at radius 3 is 1.46 bits per heavy atom. The van der Waals surface area contributed by atoms with Crippen LogP contribution in [-0.4, -0.2) is 0 Å². The summed E-state index contributed by atoms with van der Waals surface area (Å²) in [6.45, 7) is 2.84. The van der Waals surface area contributed by atoms with E-state index in [4.69, 9.17) is 4.74 Å². The van der Waals surface area contributed by atoms with Crippen molar-refractivity contribution in [1.29, 1.82) is 0 Å². The van der Waals surface area contributed by atoms with E-state index in [1.807, 2.05) is 0 Å². The topological polar surface area (TPSA) is 12.4 Å². The predicted molar refractivity (Wildman–Crippen MR) is 122 cm³/mol. The van der Waals surface area contributed by atoms with Crippen molar-refractivity contribution in [3.05, 3.63) is 126 Å². The van der Waals surface area contributed by atoms with Crippen molar-refractivity contribution >= 4 is 23.0 Å². The smallest absolute Gasteiger partial charge is 0.0636 e. The number of aryl methyl sites for hydroxylation is 1. The molecule has 28 heavy (non-hydrogen) atoms. The maximum Gasteiger partial charge on any atom is 0.0636 e. The van der Waals surface area contributed by atoms with Crippen LogP contribution in [0.25, 0.3) is 0 Å². The summed E-state index contributed by atoms with van der Waals surface area (Å²) in [5.41, 5.74) is 2.53. The van der Waals surface area contributed by atoms with E-state index in [0.29, 0.717) is 6.54 Å². The predicted octanol–water partition coefficient (Wildman–Crippen LogP) is 5.67. The average Bonchev–Trinajstić information content (AvgIpc) is 2.77. The molecular weight excluding hydrogens is 357 g/mol. The van der Waals surface area contributed by atoms with Gasteiger partial charge in [0.15, 0.2) is 0 Å². The largest absolute Gasteiger partial charge is 0.285 e. The molecule has 2 heteroatoms. The Morgan fingerprint density at radius 2 is 1.04 bits per heavy atom. The van der Waals surface area contributed by atoms with Crippen LogP contribution in [0.4, 0.5) is 0 Å². The molecule has 4 rings (SSSR count). The lowest BCUT2D eigenvalue weighted by Gasteiger charge is -2.27. The summed E-state index contributed by atoms with van der Waals surface area (Å²) in [5.74, 6) is 0. The molecule has 4 aromatic carbocycles. The van der Waals surface area contributed by atoms with Crippen LogP contribution in [0.15, 0.2) is 120 Å². The van der Waals surface area contributed by atoms with Crippen molar-refractivity contribution < 1.29 is 0 Å². The summed E-state index contributed by atoms with van der Waals surface area (Å²) in [6.07, 6.45) is 0. The highest BCUT2D eigenvalue weighted by Gasteiger charge is 2.26. The van der Waals surface area contributed by atoms with Crippen LogP contribution in [0.2, 0.25) is 0 Å². The Morgan fingerprint density at radius 1 is 0.571 bits per heavy atom. The lowest BCUT2D eigenvalue weighted by atomic mass is 10.1. The van der Waals surface area contributed by atoms with Gasteiger partial charge in [0.05, 0.1) is 13.6 Å². The van der Waals surface area contributed by atoms with E-state index in [2.05, 4.69) is 122 Å². The van der Waals surface area contributed by atoms with Gasteiger partial charge in [0, 0.05) is 15.9 Å². The molecule has 0 amide bonds. The normalized spacial score (nSPS) is 11.2. The molecule has 0 saturated heterocycles. The molecule has 0 N–H and O–H groups in total. The average molecular weight is 381 g/mol. The summed E-state index contributed by atoms with van der Waals surface area (Å²) in [4.78, 5) is 0. The molecule has 0 heterocycles. The highest BCUT2D eigenvalue weighted by molar-refractivity contribution is 7.87. The maximum absolute atomic E-state index is 5.49. The molecule has 0 radical (unpaired) electrons. The zero-order valence-electron chi connectivity index (χ0n) is 16.1. The monoisotopic (exact) mass is 381 g/mol. The molecule has 0 saturated carbocycles. The number of hydrogen-bond donors (Lipinski definition) is 0. The zero-order valence-corrected chi connectivity index (χ0v) is 17.0. The second kappa shape index (κ2) is 8.42. The van der Waals surface area contributed by atoms with E-state index in [1.165, 1.54) is 27.0 Å². The fourth-order valence-electron chi connectivity index (χ4n) is 3.62. The highest BCUT2D eigenvalue weighted by Crippen LogP contribution is 2.46. The minimum atomic E-state index is -2.11. The van der Waals surface area contributed by atoms with E-state index in [0.717, 1.165) is 0 Å². The Kier molecular flexibility index (Phi) is 5.55. The molecule has 0 aliphatic carbocycles. The van der Waals surface area contributed by atoms with Crippen LogP contribution in [0.3, 0.4) is 0 Å². The van der Waals surface area contributed by atoms with Gasteiger partial charge in [-0.3, -0.25) is 4.74 Å². The molecule has 4 aromatic rings. The number of rotatable bonds is 5. The Balaban J connectivity index is 1.99. The summed E-state index contributed by atoms with van der Waals surface area (Å²) in [6, 6.07) is 41.0. The molecule has 0 unspecified atom stereocenters. The third kappa shape index (κ3) is 3.72. The molecule has 0 fully saturated rings. The molecular formula is C26H24NP. The standard InChI is InChI=1S/C26H24NP/c1-22-12-11-13-23(20-22)21-27-28(24-14-5-2-6-15-24,25-16-7-3-8-17-25)26-18-9-4-10-19-26/h2-20H,21H2,1H3. The quantitative estimate of drug-likeness (QED) is 0.395. The van der Waals surface area contributed by atoms with Gasteiger partial charge in [0.25, 0.3) is 0 Å². The molecule has 0 atom stereocenters. The number of benzene rings is 4. The van der Waals surface area contributed by atoms with E-state index in [1.54, 1.807) is 0 Å². The minimum absolute atomic E-state index is 0.703. The van der Waals surface area contributed by atoms with E-state index >= 15 is 0 Å². The van der Waals surface area contributed by atoms with Crippen molar-refractivity contribution in [1.82, 2.24) is 0 Å². The van der Waals surface area contributed by atoms with Gasteiger partial charge in [-0.25, -0.2) is 0 Å². The van der Waals surface area contributed by atoms with Crippen LogP contribution in [0.1, 0.15) is 11.1 Å². The highest BCUT2D eigenvalue weighted by atomic mass is 31.2. The Hall–Kier alpha value is -2.89. The summed E-state index contributed by atoms with van der Waals surface area (Å²) < 4.78 is 5.49. The van der Waals surface area contributed by atoms with Crippen molar-refractivity contribution in [3.8, 4) is 0 Å². The first-order chi connectivity index (χ1) is 13.8. The van der Waals surface area contributed by atoms with E-state index in [9.17, 15) is 0 Å². The molecule has 0 aliphatic rings. The van der Waals surface area contributed by atoms with Crippen LogP contribution in [0, 0.1) is 6.92 Å². The molecule has 0 bridgehead atoms. The van der Waals surface area contributed by atoms with Gasteiger partial charge in [0.2, 0.25) is 0 Å². The van der Waals surface area contributed by atoms with E-state index < -0.39 is 7.05 Å². The SMILES string of the molecule is Cc1cccc(CN=P(c2ccccc2)(c2ccccc2)c2ccccc2)c1. The second-order valence-corrected chi connectivity index (χ2v) is 10.0. The third-order valence-corrected chi connectivity index (χ3v) is 8.64. The Labute approximate surface area is 167 Å². The van der Waals surface area contributed by atoms with Gasteiger partial charge in [-0.1, -0.05) is 121 Å². The third-order valence-electron chi connectivity index (χ3n) is 4.94. The fraction of sp³-hybridized carbons (Fsp3) is 0.0769. The zero-order chi connectivity index (χ0) is 19.2. The van der Waals surface area contributed by atoms with Gasteiger partial charge in [-0.2, -0.15) is 0 Å². The first-order valence-electron chi connectivity index (χ1n) is 9.59. The van der Waals surface area contributed by atoms with Crippen LogP contribution >= 0.6 is 7.05 Å². The Bertz CT molecular complexity index is 983. The summed E-state index contributed by atoms with van der Waals surface area (Å²) in [5, 5.41) is 3.88. The molecule has 0 spiro atoms. The van der Waals surface area contributed by atoms with Gasteiger partial charge < -0.3 is 0 Å². The molecule has 1 nitrogen and oxygen atoms in total.